The van der Waals surface area contributed by atoms with Crippen LogP contribution in [0.15, 0.2) is 30.3 Å². The predicted octanol–water partition coefficient (Wildman–Crippen LogP) is -4.64. The minimum Gasteiger partial charge on any atom is -0.748 e. The number of hydrogen-bond acceptors (Lipinski definition) is 8. The maximum absolute atomic E-state index is 10.6. The molecule has 0 fully saturated rings. The fourth-order valence-electron chi connectivity index (χ4n) is 1.88. The Labute approximate surface area is 216 Å². The monoisotopic (exact) mass is 490 g/mol. The van der Waals surface area contributed by atoms with Gasteiger partial charge in [-0.05, 0) is 29.1 Å². The quantitative estimate of drug-likeness (QED) is 0.117. The first-order chi connectivity index (χ1) is 11.7. The molecule has 0 heterocycles. The van der Waals surface area contributed by atoms with E-state index in [0.717, 1.165) is 23.8 Å². The van der Waals surface area contributed by atoms with Crippen LogP contribution in [0, 0.1) is 0 Å². The summed E-state index contributed by atoms with van der Waals surface area (Å²) in [5.74, 6) is 1.46. The van der Waals surface area contributed by atoms with Crippen molar-refractivity contribution in [2.24, 2.45) is 0 Å². The minimum atomic E-state index is -4.15. The van der Waals surface area contributed by atoms with E-state index < -0.39 is 28.2 Å². The maximum Gasteiger partial charge on any atom is 1.00 e. The van der Waals surface area contributed by atoms with Gasteiger partial charge >= 0.3 is 59.1 Å². The minimum absolute atomic E-state index is 0. The molecule has 0 aromatic heterocycles. The van der Waals surface area contributed by atoms with Crippen molar-refractivity contribution in [2.75, 3.05) is 46.8 Å². The van der Waals surface area contributed by atoms with Crippen LogP contribution < -0.4 is 64.4 Å². The van der Waals surface area contributed by atoms with E-state index in [1.807, 2.05) is 18.2 Å². The van der Waals surface area contributed by atoms with Crippen LogP contribution in [0.25, 0.3) is 0 Å². The molecule has 0 aliphatic carbocycles. The summed E-state index contributed by atoms with van der Waals surface area (Å²) in [4.78, 5) is 0. The Kier molecular flexibility index (Phi) is 19.5. The Bertz CT molecular complexity index is 662. The van der Waals surface area contributed by atoms with Crippen molar-refractivity contribution in [1.82, 2.24) is 0 Å². The van der Waals surface area contributed by atoms with Crippen LogP contribution in [-0.4, -0.2) is 72.8 Å². The first-order valence-corrected chi connectivity index (χ1v) is 14.7. The van der Waals surface area contributed by atoms with Crippen molar-refractivity contribution in [3.05, 3.63) is 30.3 Å². The molecule has 1 aromatic rings. The topological polar surface area (TPSA) is 114 Å². The molecule has 144 valence electrons. The van der Waals surface area contributed by atoms with Crippen molar-refractivity contribution < 1.29 is 85.1 Å². The van der Waals surface area contributed by atoms with E-state index in [1.165, 1.54) is 28.8 Å². The van der Waals surface area contributed by atoms with E-state index in [-0.39, 0.29) is 70.6 Å². The normalized spacial score (nSPS) is 11.7. The number of benzene rings is 1. The van der Waals surface area contributed by atoms with Crippen molar-refractivity contribution in [2.45, 2.75) is 0 Å². The summed E-state index contributed by atoms with van der Waals surface area (Å²) in [5, 5.41) is 1.24. The summed E-state index contributed by atoms with van der Waals surface area (Å²) < 4.78 is 63.5. The van der Waals surface area contributed by atoms with Crippen molar-refractivity contribution >= 4 is 57.0 Å². The second kappa shape index (κ2) is 16.8. The summed E-state index contributed by atoms with van der Waals surface area (Å²) >= 11 is 2.92. The van der Waals surface area contributed by atoms with Gasteiger partial charge in [0, 0.05) is 23.0 Å². The standard InChI is InChI=1S/C14H23O6PS4.2Na/c15-24(16,17)12-10-22-8-6-21(14-4-2-1-3-5-14)7-9-23-11-13-25(18,19)20;;/h1-5H,6-13H2,(H,15,16,17)(H,18,19,20);;/q;2*+1/p-2. The molecule has 0 amide bonds. The molecule has 0 aliphatic heterocycles. The van der Waals surface area contributed by atoms with Crippen LogP contribution in [0.4, 0.5) is 0 Å². The van der Waals surface area contributed by atoms with Crippen LogP contribution in [0.3, 0.4) is 0 Å². The molecule has 0 atom stereocenters. The average Bonchev–Trinajstić information content (AvgIpc) is 2.51. The number of thioether (sulfide) groups is 2. The molecule has 0 radical (unpaired) electrons. The van der Waals surface area contributed by atoms with Gasteiger partial charge < -0.3 is 9.11 Å². The van der Waals surface area contributed by atoms with E-state index >= 15 is 0 Å². The molecule has 13 heteroatoms. The Balaban J connectivity index is 0. The van der Waals surface area contributed by atoms with Crippen molar-refractivity contribution in [1.29, 1.82) is 0 Å². The molecule has 0 spiro atoms. The molecule has 1 aromatic carbocycles. The van der Waals surface area contributed by atoms with Gasteiger partial charge in [-0.3, -0.25) is 0 Å². The molecule has 0 aliphatic rings. The Morgan fingerprint density at radius 1 is 0.741 bits per heavy atom. The van der Waals surface area contributed by atoms with Gasteiger partial charge in [0.2, 0.25) is 0 Å². The third-order valence-corrected chi connectivity index (χ3v) is 10.1. The van der Waals surface area contributed by atoms with Crippen molar-refractivity contribution in [3.8, 4) is 0 Å². The van der Waals surface area contributed by atoms with Gasteiger partial charge in [0.1, 0.15) is 0 Å². The summed E-state index contributed by atoms with van der Waals surface area (Å²) in [6, 6.07) is 10.0. The molecule has 1 rings (SSSR count). The van der Waals surface area contributed by atoms with Gasteiger partial charge in [-0.15, -0.1) is 0 Å². The number of hydrogen-bond donors (Lipinski definition) is 0. The van der Waals surface area contributed by atoms with Crippen LogP contribution >= 0.6 is 31.4 Å². The largest absolute Gasteiger partial charge is 1.00 e. The Morgan fingerprint density at radius 3 is 1.52 bits per heavy atom. The predicted molar refractivity (Wildman–Crippen MR) is 107 cm³/mol. The molecule has 0 saturated heterocycles. The van der Waals surface area contributed by atoms with Gasteiger partial charge in [0.05, 0.1) is 20.2 Å². The Hall–Kier alpha value is 2.17. The molecule has 0 N–H and O–H groups in total. The molecule has 6 nitrogen and oxygen atoms in total. The summed E-state index contributed by atoms with van der Waals surface area (Å²) in [7, 11) is -8.75. The Morgan fingerprint density at radius 2 is 1.15 bits per heavy atom. The molecular weight excluding hydrogens is 469 g/mol. The van der Waals surface area contributed by atoms with E-state index in [9.17, 15) is 25.9 Å². The van der Waals surface area contributed by atoms with Crippen LogP contribution in [-0.2, 0) is 20.2 Å². The fourth-order valence-corrected chi connectivity index (χ4v) is 9.00. The van der Waals surface area contributed by atoms with Crippen LogP contribution in [0.1, 0.15) is 0 Å². The molecular formula is C14H21Na2O6PS4. The van der Waals surface area contributed by atoms with E-state index in [4.69, 9.17) is 0 Å². The molecule has 0 unspecified atom stereocenters. The third-order valence-electron chi connectivity index (χ3n) is 3.09. The smallest absolute Gasteiger partial charge is 0.748 e. The molecule has 0 bridgehead atoms. The third kappa shape index (κ3) is 18.6. The van der Waals surface area contributed by atoms with Crippen LogP contribution in [0.5, 0.6) is 0 Å². The van der Waals surface area contributed by atoms with Gasteiger partial charge in [-0.1, -0.05) is 38.3 Å². The second-order valence-corrected chi connectivity index (χ2v) is 13.1. The van der Waals surface area contributed by atoms with Gasteiger partial charge in [-0.2, -0.15) is 23.5 Å². The first-order valence-electron chi connectivity index (χ1n) is 7.50. The number of rotatable bonds is 13. The fraction of sp³-hybridized carbons (Fsp3) is 0.571. The van der Waals surface area contributed by atoms with E-state index in [1.54, 1.807) is 0 Å². The van der Waals surface area contributed by atoms with Crippen molar-refractivity contribution in [3.63, 3.8) is 0 Å². The van der Waals surface area contributed by atoms with Gasteiger partial charge in [0.25, 0.3) is 0 Å². The maximum atomic E-state index is 10.6. The molecule has 0 saturated carbocycles. The zero-order valence-corrected chi connectivity index (χ0v) is 23.7. The second-order valence-electron chi connectivity index (χ2n) is 5.07. The zero-order chi connectivity index (χ0) is 18.8. The summed E-state index contributed by atoms with van der Waals surface area (Å²) in [6.07, 6.45) is 1.81. The summed E-state index contributed by atoms with van der Waals surface area (Å²) in [6.45, 7) is 0. The first kappa shape index (κ1) is 31.4. The summed E-state index contributed by atoms with van der Waals surface area (Å²) in [5.41, 5.74) is 0. The molecule has 27 heavy (non-hydrogen) atoms. The van der Waals surface area contributed by atoms with E-state index in [2.05, 4.69) is 12.1 Å². The average molecular weight is 491 g/mol. The van der Waals surface area contributed by atoms with Crippen LogP contribution in [0.2, 0.25) is 0 Å². The van der Waals surface area contributed by atoms with E-state index in [0.29, 0.717) is 11.5 Å². The van der Waals surface area contributed by atoms with Gasteiger partial charge in [0.15, 0.2) is 0 Å². The van der Waals surface area contributed by atoms with Gasteiger partial charge in [-0.25, -0.2) is 16.8 Å². The SMILES string of the molecule is O=S(=O)([O-])CCSCCP(CCSCCS(=O)(=O)[O-])c1ccccc1.[Na+].[Na+]. The zero-order valence-electron chi connectivity index (χ0n) is 15.6.